The van der Waals surface area contributed by atoms with Crippen LogP contribution in [-0.2, 0) is 9.59 Å². The van der Waals surface area contributed by atoms with E-state index in [0.29, 0.717) is 18.9 Å². The molecule has 0 aromatic rings. The maximum absolute atomic E-state index is 12.1. The molecule has 1 heterocycles. The summed E-state index contributed by atoms with van der Waals surface area (Å²) >= 11 is 0. The highest BCUT2D eigenvalue weighted by Crippen LogP contribution is 2.29. The third-order valence-corrected chi connectivity index (χ3v) is 4.48. The normalized spacial score (nSPS) is 32.7. The van der Waals surface area contributed by atoms with Crippen molar-refractivity contribution >= 4 is 11.8 Å². The van der Waals surface area contributed by atoms with Gasteiger partial charge in [-0.2, -0.15) is 0 Å². The molecule has 5 nitrogen and oxygen atoms in total. The lowest BCUT2D eigenvalue weighted by Gasteiger charge is -2.30. The Bertz CT molecular complexity index is 346. The minimum Gasteiger partial charge on any atom is -0.354 e. The number of hydrogen-bond donors (Lipinski definition) is 3. The Morgan fingerprint density at radius 1 is 1.47 bits per heavy atom. The number of nitrogens with two attached hydrogens (primary N) is 1. The maximum atomic E-state index is 12.1. The highest BCUT2D eigenvalue weighted by molar-refractivity contribution is 5.80. The van der Waals surface area contributed by atoms with E-state index < -0.39 is 0 Å². The summed E-state index contributed by atoms with van der Waals surface area (Å²) in [4.78, 5) is 23.2. The van der Waals surface area contributed by atoms with Crippen LogP contribution in [0.1, 0.15) is 45.4 Å². The molecule has 1 aliphatic carbocycles. The van der Waals surface area contributed by atoms with Crippen LogP contribution in [0, 0.1) is 11.8 Å². The van der Waals surface area contributed by atoms with Gasteiger partial charge in [0.25, 0.3) is 0 Å². The number of carbonyl (C=O) groups excluding carboxylic acids is 2. The van der Waals surface area contributed by atoms with E-state index in [1.54, 1.807) is 0 Å². The first-order chi connectivity index (χ1) is 9.06. The summed E-state index contributed by atoms with van der Waals surface area (Å²) in [5.41, 5.74) is 5.97. The van der Waals surface area contributed by atoms with Crippen LogP contribution in [0.4, 0.5) is 0 Å². The summed E-state index contributed by atoms with van der Waals surface area (Å²) in [6.45, 7) is 2.54. The standard InChI is InChI=1S/C14H25N3O2/c1-9(10-3-2-4-11(15)7-10)14(19)16-8-12-5-6-13(18)17-12/h9-12H,2-8,15H2,1H3,(H,16,19)(H,17,18). The molecule has 0 aromatic heterocycles. The van der Waals surface area contributed by atoms with E-state index in [2.05, 4.69) is 10.6 Å². The van der Waals surface area contributed by atoms with Crippen molar-refractivity contribution in [1.29, 1.82) is 0 Å². The quantitative estimate of drug-likeness (QED) is 0.695. The molecule has 0 bridgehead atoms. The van der Waals surface area contributed by atoms with Gasteiger partial charge in [0, 0.05) is 31.0 Å². The Labute approximate surface area is 114 Å². The van der Waals surface area contributed by atoms with Crippen LogP contribution >= 0.6 is 0 Å². The Balaban J connectivity index is 1.74. The molecule has 1 aliphatic heterocycles. The van der Waals surface area contributed by atoms with E-state index in [4.69, 9.17) is 5.73 Å². The van der Waals surface area contributed by atoms with Gasteiger partial charge in [-0.3, -0.25) is 9.59 Å². The van der Waals surface area contributed by atoms with Gasteiger partial charge in [-0.25, -0.2) is 0 Å². The van der Waals surface area contributed by atoms with Gasteiger partial charge in [0.1, 0.15) is 0 Å². The van der Waals surface area contributed by atoms with Crippen molar-refractivity contribution in [2.24, 2.45) is 17.6 Å². The van der Waals surface area contributed by atoms with Crippen LogP contribution in [0.25, 0.3) is 0 Å². The maximum Gasteiger partial charge on any atom is 0.223 e. The van der Waals surface area contributed by atoms with Crippen LogP contribution in [0.5, 0.6) is 0 Å². The van der Waals surface area contributed by atoms with E-state index >= 15 is 0 Å². The minimum absolute atomic E-state index is 0.0171. The lowest BCUT2D eigenvalue weighted by atomic mass is 9.78. The van der Waals surface area contributed by atoms with Gasteiger partial charge in [-0.15, -0.1) is 0 Å². The first kappa shape index (κ1) is 14.3. The van der Waals surface area contributed by atoms with Crippen LogP contribution in [-0.4, -0.2) is 30.4 Å². The fraction of sp³-hybridized carbons (Fsp3) is 0.857. The summed E-state index contributed by atoms with van der Waals surface area (Å²) < 4.78 is 0. The number of carbonyl (C=O) groups is 2. The summed E-state index contributed by atoms with van der Waals surface area (Å²) in [5, 5.41) is 5.82. The average molecular weight is 267 g/mol. The van der Waals surface area contributed by atoms with E-state index in [1.807, 2.05) is 6.92 Å². The molecular formula is C14H25N3O2. The summed E-state index contributed by atoms with van der Waals surface area (Å²) in [7, 11) is 0. The van der Waals surface area contributed by atoms with Gasteiger partial charge in [-0.1, -0.05) is 13.3 Å². The van der Waals surface area contributed by atoms with Crippen molar-refractivity contribution in [3.05, 3.63) is 0 Å². The third kappa shape index (κ3) is 3.93. The molecular weight excluding hydrogens is 242 g/mol. The first-order valence-electron chi connectivity index (χ1n) is 7.39. The molecule has 4 N–H and O–H groups in total. The van der Waals surface area contributed by atoms with Gasteiger partial charge in [0.15, 0.2) is 0 Å². The molecule has 108 valence electrons. The Hall–Kier alpha value is -1.10. The van der Waals surface area contributed by atoms with Crippen LogP contribution in [0.2, 0.25) is 0 Å². The van der Waals surface area contributed by atoms with Crippen LogP contribution < -0.4 is 16.4 Å². The molecule has 4 atom stereocenters. The van der Waals surface area contributed by atoms with Gasteiger partial charge >= 0.3 is 0 Å². The molecule has 2 fully saturated rings. The molecule has 1 saturated carbocycles. The number of hydrogen-bond acceptors (Lipinski definition) is 3. The molecule has 2 rings (SSSR count). The smallest absolute Gasteiger partial charge is 0.223 e. The molecule has 0 spiro atoms. The highest BCUT2D eigenvalue weighted by atomic mass is 16.2. The van der Waals surface area contributed by atoms with Crippen molar-refractivity contribution < 1.29 is 9.59 Å². The van der Waals surface area contributed by atoms with E-state index in [-0.39, 0.29) is 29.8 Å². The Kier molecular flexibility index (Phi) is 4.80. The largest absolute Gasteiger partial charge is 0.354 e. The second-order valence-corrected chi connectivity index (χ2v) is 6.02. The predicted octanol–water partition coefficient (Wildman–Crippen LogP) is 0.535. The van der Waals surface area contributed by atoms with Crippen molar-refractivity contribution in [2.75, 3.05) is 6.54 Å². The zero-order valence-corrected chi connectivity index (χ0v) is 11.7. The lowest BCUT2D eigenvalue weighted by molar-refractivity contribution is -0.127. The van der Waals surface area contributed by atoms with Gasteiger partial charge in [-0.05, 0) is 31.6 Å². The molecule has 0 aromatic carbocycles. The molecule has 2 aliphatic rings. The Morgan fingerprint density at radius 2 is 2.26 bits per heavy atom. The number of amides is 2. The van der Waals surface area contributed by atoms with Gasteiger partial charge < -0.3 is 16.4 Å². The first-order valence-corrected chi connectivity index (χ1v) is 7.39. The van der Waals surface area contributed by atoms with Crippen molar-refractivity contribution in [2.45, 2.75) is 57.5 Å². The molecule has 0 radical (unpaired) electrons. The fourth-order valence-electron chi connectivity index (χ4n) is 3.15. The zero-order valence-electron chi connectivity index (χ0n) is 11.7. The van der Waals surface area contributed by atoms with Gasteiger partial charge in [0.05, 0.1) is 0 Å². The second-order valence-electron chi connectivity index (χ2n) is 6.02. The van der Waals surface area contributed by atoms with Crippen molar-refractivity contribution in [3.8, 4) is 0 Å². The third-order valence-electron chi connectivity index (χ3n) is 4.48. The molecule has 5 heteroatoms. The topological polar surface area (TPSA) is 84.2 Å². The fourth-order valence-corrected chi connectivity index (χ4v) is 3.15. The summed E-state index contributed by atoms with van der Waals surface area (Å²) in [6, 6.07) is 0.361. The lowest BCUT2D eigenvalue weighted by Crippen LogP contribution is -2.43. The summed E-state index contributed by atoms with van der Waals surface area (Å²) in [6.07, 6.45) is 5.66. The van der Waals surface area contributed by atoms with Gasteiger partial charge in [0.2, 0.25) is 11.8 Å². The minimum atomic E-state index is 0.0171. The van der Waals surface area contributed by atoms with E-state index in [9.17, 15) is 9.59 Å². The van der Waals surface area contributed by atoms with Crippen molar-refractivity contribution in [3.63, 3.8) is 0 Å². The predicted molar refractivity (Wildman–Crippen MR) is 73.3 cm³/mol. The van der Waals surface area contributed by atoms with Crippen molar-refractivity contribution in [1.82, 2.24) is 10.6 Å². The van der Waals surface area contributed by atoms with Crippen LogP contribution in [0.3, 0.4) is 0 Å². The Morgan fingerprint density at radius 3 is 2.89 bits per heavy atom. The van der Waals surface area contributed by atoms with E-state index in [0.717, 1.165) is 32.1 Å². The molecule has 1 saturated heterocycles. The molecule has 19 heavy (non-hydrogen) atoms. The molecule has 4 unspecified atom stereocenters. The zero-order chi connectivity index (χ0) is 13.8. The second kappa shape index (κ2) is 6.37. The number of nitrogens with one attached hydrogen (secondary N) is 2. The number of rotatable bonds is 4. The van der Waals surface area contributed by atoms with E-state index in [1.165, 1.54) is 0 Å². The highest BCUT2D eigenvalue weighted by Gasteiger charge is 2.29. The SMILES string of the molecule is CC(C(=O)NCC1CCC(=O)N1)C1CCCC(N)C1. The monoisotopic (exact) mass is 267 g/mol. The average Bonchev–Trinajstić information content (AvgIpc) is 2.81. The summed E-state index contributed by atoms with van der Waals surface area (Å²) in [5.74, 6) is 0.608. The molecule has 2 amide bonds. The van der Waals surface area contributed by atoms with Crippen LogP contribution in [0.15, 0.2) is 0 Å².